The van der Waals surface area contributed by atoms with Crippen LogP contribution < -0.4 is 5.32 Å². The number of hydrogen-bond donors (Lipinski definition) is 3. The van der Waals surface area contributed by atoms with Crippen molar-refractivity contribution < 1.29 is 24.7 Å². The van der Waals surface area contributed by atoms with E-state index in [9.17, 15) is 10.1 Å². The lowest BCUT2D eigenvalue weighted by molar-refractivity contribution is -0.384. The van der Waals surface area contributed by atoms with Gasteiger partial charge in [0.2, 0.25) is 5.95 Å². The highest BCUT2D eigenvalue weighted by Crippen LogP contribution is 2.25. The number of nitro groups is 1. The fourth-order valence-corrected chi connectivity index (χ4v) is 2.30. The maximum atomic E-state index is 10.9. The first kappa shape index (κ1) is 21.0. The van der Waals surface area contributed by atoms with E-state index in [1.165, 1.54) is 6.07 Å². The number of nitro benzene ring substituents is 1. The molecule has 3 rings (SSSR count). The van der Waals surface area contributed by atoms with Gasteiger partial charge in [-0.1, -0.05) is 18.2 Å². The Kier molecular flexibility index (Phi) is 6.96. The topological polar surface area (TPSA) is 160 Å². The summed E-state index contributed by atoms with van der Waals surface area (Å²) < 4.78 is 1.87. The van der Waals surface area contributed by atoms with E-state index in [0.29, 0.717) is 12.5 Å². The molecule has 150 valence electrons. The van der Waals surface area contributed by atoms with Crippen molar-refractivity contribution in [3.8, 4) is 11.3 Å². The fraction of sp³-hybridized carbons (Fsp3) is 0.111. The van der Waals surface area contributed by atoms with Crippen molar-refractivity contribution in [2.45, 2.75) is 6.54 Å². The number of carboxylic acids is 2. The number of hydrogen-bond acceptors (Lipinski definition) is 7. The number of rotatable bonds is 5. The SMILES string of the molecule is Cn1c(-c2cccc([N+](=O)[O-])c2)cnc1NCc1cccnc1.O=C(O)C(=O)O. The van der Waals surface area contributed by atoms with Gasteiger partial charge in [0, 0.05) is 43.7 Å². The average molecular weight is 399 g/mol. The number of pyridine rings is 1. The molecule has 29 heavy (non-hydrogen) atoms. The van der Waals surface area contributed by atoms with Crippen LogP contribution in [-0.2, 0) is 23.2 Å². The quantitative estimate of drug-likeness (QED) is 0.332. The van der Waals surface area contributed by atoms with Crippen molar-refractivity contribution >= 4 is 23.6 Å². The highest BCUT2D eigenvalue weighted by atomic mass is 16.6. The van der Waals surface area contributed by atoms with Gasteiger partial charge in [-0.3, -0.25) is 15.1 Å². The minimum absolute atomic E-state index is 0.0635. The molecule has 0 aliphatic heterocycles. The number of carboxylic acid groups (broad SMARTS) is 2. The predicted molar refractivity (Wildman–Crippen MR) is 102 cm³/mol. The van der Waals surface area contributed by atoms with Gasteiger partial charge in [-0.15, -0.1) is 0 Å². The molecule has 0 saturated heterocycles. The molecule has 0 spiro atoms. The summed E-state index contributed by atoms with van der Waals surface area (Å²) in [6, 6.07) is 10.4. The van der Waals surface area contributed by atoms with Gasteiger partial charge in [-0.25, -0.2) is 14.6 Å². The molecule has 11 heteroatoms. The van der Waals surface area contributed by atoms with Gasteiger partial charge in [-0.05, 0) is 11.6 Å². The van der Waals surface area contributed by atoms with Crippen LogP contribution in [0.1, 0.15) is 5.56 Å². The molecule has 1 aromatic carbocycles. The van der Waals surface area contributed by atoms with E-state index in [0.717, 1.165) is 16.8 Å². The molecule has 0 aliphatic carbocycles. The second-order valence-corrected chi connectivity index (χ2v) is 5.66. The van der Waals surface area contributed by atoms with Crippen molar-refractivity contribution in [1.82, 2.24) is 14.5 Å². The summed E-state index contributed by atoms with van der Waals surface area (Å²) in [5.41, 5.74) is 2.67. The number of aliphatic carboxylic acids is 2. The molecule has 0 amide bonds. The van der Waals surface area contributed by atoms with Crippen LogP contribution in [0.3, 0.4) is 0 Å². The van der Waals surface area contributed by atoms with Gasteiger partial charge in [0.05, 0.1) is 16.8 Å². The van der Waals surface area contributed by atoms with E-state index in [1.54, 1.807) is 30.7 Å². The first-order chi connectivity index (χ1) is 13.8. The van der Waals surface area contributed by atoms with Crippen molar-refractivity contribution in [2.24, 2.45) is 7.05 Å². The third kappa shape index (κ3) is 5.85. The van der Waals surface area contributed by atoms with E-state index in [-0.39, 0.29) is 5.69 Å². The normalized spacial score (nSPS) is 9.83. The molecule has 0 atom stereocenters. The van der Waals surface area contributed by atoms with Gasteiger partial charge in [0.1, 0.15) is 0 Å². The van der Waals surface area contributed by atoms with Gasteiger partial charge in [0.25, 0.3) is 5.69 Å². The molecular weight excluding hydrogens is 382 g/mol. The van der Waals surface area contributed by atoms with E-state index in [4.69, 9.17) is 19.8 Å². The summed E-state index contributed by atoms with van der Waals surface area (Å²) in [4.78, 5) is 37.1. The Morgan fingerprint density at radius 3 is 2.48 bits per heavy atom. The summed E-state index contributed by atoms with van der Waals surface area (Å²) >= 11 is 0. The smallest absolute Gasteiger partial charge is 0.414 e. The standard InChI is InChI=1S/C16H15N5O2.C2H2O4/c1-20-15(13-5-2-6-14(8-13)21(22)23)11-19-16(20)18-10-12-4-3-7-17-9-12;3-1(4)2(5)6/h2-9,11H,10H2,1H3,(H,18,19);(H,3,4)(H,5,6). The number of anilines is 1. The number of benzene rings is 1. The number of nitrogens with one attached hydrogen (secondary N) is 1. The van der Waals surface area contributed by atoms with Gasteiger partial charge < -0.3 is 20.1 Å². The number of imidazole rings is 1. The number of non-ortho nitro benzene ring substituents is 1. The Bertz CT molecular complexity index is 1010. The van der Waals surface area contributed by atoms with Crippen LogP contribution in [0.5, 0.6) is 0 Å². The van der Waals surface area contributed by atoms with Crippen LogP contribution in [0.15, 0.2) is 55.0 Å². The summed E-state index contributed by atoms with van der Waals surface area (Å²) in [5.74, 6) is -2.96. The maximum absolute atomic E-state index is 10.9. The van der Waals surface area contributed by atoms with Crippen molar-refractivity contribution in [3.05, 3.63) is 70.7 Å². The molecule has 3 aromatic rings. The zero-order valence-corrected chi connectivity index (χ0v) is 15.2. The van der Waals surface area contributed by atoms with E-state index < -0.39 is 16.9 Å². The Hall–Kier alpha value is -4.28. The fourth-order valence-electron chi connectivity index (χ4n) is 2.30. The predicted octanol–water partition coefficient (Wildman–Crippen LogP) is 2.16. The summed E-state index contributed by atoms with van der Waals surface area (Å²) in [5, 5.41) is 28.9. The largest absolute Gasteiger partial charge is 0.473 e. The van der Waals surface area contributed by atoms with E-state index >= 15 is 0 Å². The molecule has 11 nitrogen and oxygen atoms in total. The lowest BCUT2D eigenvalue weighted by atomic mass is 10.1. The van der Waals surface area contributed by atoms with Gasteiger partial charge in [-0.2, -0.15) is 0 Å². The Balaban J connectivity index is 0.000000438. The summed E-state index contributed by atoms with van der Waals surface area (Å²) in [7, 11) is 1.87. The summed E-state index contributed by atoms with van der Waals surface area (Å²) in [6.07, 6.45) is 5.22. The van der Waals surface area contributed by atoms with Crippen LogP contribution in [0.25, 0.3) is 11.3 Å². The lowest BCUT2D eigenvalue weighted by Crippen LogP contribution is -2.09. The monoisotopic (exact) mass is 399 g/mol. The number of nitrogens with zero attached hydrogens (tertiary/aromatic N) is 4. The van der Waals surface area contributed by atoms with Crippen LogP contribution in [0.2, 0.25) is 0 Å². The van der Waals surface area contributed by atoms with Crippen molar-refractivity contribution in [3.63, 3.8) is 0 Å². The molecule has 2 heterocycles. The van der Waals surface area contributed by atoms with Crippen LogP contribution in [-0.4, -0.2) is 41.6 Å². The average Bonchev–Trinajstić information content (AvgIpc) is 3.08. The van der Waals surface area contributed by atoms with Crippen molar-refractivity contribution in [1.29, 1.82) is 0 Å². The molecular formula is C18H17N5O6. The molecule has 2 aromatic heterocycles. The minimum Gasteiger partial charge on any atom is -0.473 e. The van der Waals surface area contributed by atoms with Crippen LogP contribution in [0, 0.1) is 10.1 Å². The Morgan fingerprint density at radius 2 is 1.90 bits per heavy atom. The van der Waals surface area contributed by atoms with Gasteiger partial charge >= 0.3 is 11.9 Å². The molecule has 0 saturated carbocycles. The zero-order chi connectivity index (χ0) is 21.4. The Morgan fingerprint density at radius 1 is 1.17 bits per heavy atom. The molecule has 0 fully saturated rings. The third-order valence-electron chi connectivity index (χ3n) is 3.70. The Labute approximate surface area is 164 Å². The van der Waals surface area contributed by atoms with E-state index in [1.807, 2.05) is 29.8 Å². The molecule has 0 aliphatic rings. The molecule has 3 N–H and O–H groups in total. The van der Waals surface area contributed by atoms with Gasteiger partial charge in [0.15, 0.2) is 0 Å². The minimum atomic E-state index is -1.82. The lowest BCUT2D eigenvalue weighted by Gasteiger charge is -2.08. The first-order valence-electron chi connectivity index (χ1n) is 8.15. The van der Waals surface area contributed by atoms with E-state index in [2.05, 4.69) is 15.3 Å². The highest BCUT2D eigenvalue weighted by molar-refractivity contribution is 6.27. The highest BCUT2D eigenvalue weighted by Gasteiger charge is 2.12. The maximum Gasteiger partial charge on any atom is 0.414 e. The molecule has 0 bridgehead atoms. The molecule has 0 radical (unpaired) electrons. The second-order valence-electron chi connectivity index (χ2n) is 5.66. The van der Waals surface area contributed by atoms with Crippen LogP contribution in [0.4, 0.5) is 11.6 Å². The number of aromatic nitrogens is 3. The summed E-state index contributed by atoms with van der Waals surface area (Å²) in [6.45, 7) is 0.604. The molecule has 0 unspecified atom stereocenters. The van der Waals surface area contributed by atoms with Crippen LogP contribution >= 0.6 is 0 Å². The zero-order valence-electron chi connectivity index (χ0n) is 15.2. The van der Waals surface area contributed by atoms with Crippen molar-refractivity contribution in [2.75, 3.05) is 5.32 Å². The third-order valence-corrected chi connectivity index (χ3v) is 3.70. The second kappa shape index (κ2) is 9.60. The first-order valence-corrected chi connectivity index (χ1v) is 8.15. The number of carbonyl (C=O) groups is 2.